The van der Waals surface area contributed by atoms with E-state index in [2.05, 4.69) is 11.4 Å². The van der Waals surface area contributed by atoms with E-state index in [0.29, 0.717) is 12.7 Å². The molecule has 1 unspecified atom stereocenters. The first-order chi connectivity index (χ1) is 8.95. The standard InChI is InChI=1S/C14H21NO3/c1-2-9-17-13(5-1)11-15-7-4-8-16-12-14-6-3-10-18-14/h2-3,6,9-10,13,15H,1,4-5,7-8,11-12H2. The average molecular weight is 251 g/mol. The summed E-state index contributed by atoms with van der Waals surface area (Å²) >= 11 is 0. The number of allylic oxidation sites excluding steroid dienone is 1. The number of hydrogen-bond acceptors (Lipinski definition) is 4. The van der Waals surface area contributed by atoms with Crippen LogP contribution in [0.1, 0.15) is 25.0 Å². The van der Waals surface area contributed by atoms with Crippen LogP contribution in [0.5, 0.6) is 0 Å². The van der Waals surface area contributed by atoms with Crippen LogP contribution in [-0.4, -0.2) is 25.8 Å². The highest BCUT2D eigenvalue weighted by molar-refractivity contribution is 4.95. The molecule has 0 radical (unpaired) electrons. The smallest absolute Gasteiger partial charge is 0.129 e. The summed E-state index contributed by atoms with van der Waals surface area (Å²) in [6.07, 6.45) is 9.11. The minimum atomic E-state index is 0.332. The summed E-state index contributed by atoms with van der Waals surface area (Å²) in [6, 6.07) is 3.80. The third-order valence-electron chi connectivity index (χ3n) is 2.86. The summed E-state index contributed by atoms with van der Waals surface area (Å²) in [5, 5.41) is 3.39. The summed E-state index contributed by atoms with van der Waals surface area (Å²) in [5.41, 5.74) is 0. The van der Waals surface area contributed by atoms with Gasteiger partial charge in [-0.1, -0.05) is 0 Å². The van der Waals surface area contributed by atoms with Crippen LogP contribution in [0.2, 0.25) is 0 Å². The molecule has 2 rings (SSSR count). The third-order valence-corrected chi connectivity index (χ3v) is 2.86. The molecule has 1 N–H and O–H groups in total. The summed E-state index contributed by atoms with van der Waals surface area (Å²) in [5.74, 6) is 0.880. The Kier molecular flexibility index (Phi) is 5.82. The lowest BCUT2D eigenvalue weighted by molar-refractivity contribution is 0.1000. The zero-order valence-corrected chi connectivity index (χ0v) is 10.6. The molecule has 0 saturated heterocycles. The first-order valence-electron chi connectivity index (χ1n) is 6.56. The van der Waals surface area contributed by atoms with E-state index in [0.717, 1.165) is 44.7 Å². The number of ether oxygens (including phenoxy) is 2. The fourth-order valence-electron chi connectivity index (χ4n) is 1.86. The zero-order valence-electron chi connectivity index (χ0n) is 10.6. The lowest BCUT2D eigenvalue weighted by Gasteiger charge is -2.19. The van der Waals surface area contributed by atoms with E-state index >= 15 is 0 Å². The van der Waals surface area contributed by atoms with Gasteiger partial charge in [-0.2, -0.15) is 0 Å². The van der Waals surface area contributed by atoms with Gasteiger partial charge in [0, 0.05) is 13.2 Å². The molecule has 1 aromatic rings. The molecule has 0 bridgehead atoms. The molecule has 0 spiro atoms. The second kappa shape index (κ2) is 7.95. The molecule has 1 atom stereocenters. The Morgan fingerprint density at radius 1 is 1.44 bits per heavy atom. The number of furan rings is 1. The van der Waals surface area contributed by atoms with E-state index in [9.17, 15) is 0 Å². The van der Waals surface area contributed by atoms with Gasteiger partial charge < -0.3 is 19.2 Å². The molecule has 2 heterocycles. The van der Waals surface area contributed by atoms with Crippen LogP contribution in [0.4, 0.5) is 0 Å². The minimum absolute atomic E-state index is 0.332. The van der Waals surface area contributed by atoms with Gasteiger partial charge in [-0.25, -0.2) is 0 Å². The third kappa shape index (κ3) is 4.94. The van der Waals surface area contributed by atoms with Crippen molar-refractivity contribution in [2.75, 3.05) is 19.7 Å². The second-order valence-corrected chi connectivity index (χ2v) is 4.40. The maximum atomic E-state index is 5.49. The Morgan fingerprint density at radius 3 is 3.22 bits per heavy atom. The molecular weight excluding hydrogens is 230 g/mol. The molecule has 0 aromatic carbocycles. The SMILES string of the molecule is C1=COC(CNCCCOCc2ccco2)CC1. The molecule has 1 aromatic heterocycles. The van der Waals surface area contributed by atoms with Crippen molar-refractivity contribution >= 4 is 0 Å². The van der Waals surface area contributed by atoms with Crippen molar-refractivity contribution in [2.24, 2.45) is 0 Å². The maximum absolute atomic E-state index is 5.49. The van der Waals surface area contributed by atoms with Gasteiger partial charge in [-0.3, -0.25) is 0 Å². The number of nitrogens with one attached hydrogen (secondary N) is 1. The van der Waals surface area contributed by atoms with Crippen LogP contribution in [-0.2, 0) is 16.1 Å². The van der Waals surface area contributed by atoms with Crippen LogP contribution < -0.4 is 5.32 Å². The van der Waals surface area contributed by atoms with E-state index in [1.165, 1.54) is 0 Å². The summed E-state index contributed by atoms with van der Waals surface area (Å²) in [6.45, 7) is 3.19. The van der Waals surface area contributed by atoms with E-state index in [-0.39, 0.29) is 0 Å². The van der Waals surface area contributed by atoms with Gasteiger partial charge in [0.2, 0.25) is 0 Å². The quantitative estimate of drug-likeness (QED) is 0.721. The Hall–Kier alpha value is -1.26. The fraction of sp³-hybridized carbons (Fsp3) is 0.571. The van der Waals surface area contributed by atoms with Crippen LogP contribution in [0, 0.1) is 0 Å². The molecule has 0 aliphatic carbocycles. The molecule has 1 aliphatic heterocycles. The van der Waals surface area contributed by atoms with Gasteiger partial charge in [0.15, 0.2) is 0 Å². The predicted molar refractivity (Wildman–Crippen MR) is 69.1 cm³/mol. The first kappa shape index (κ1) is 13.2. The van der Waals surface area contributed by atoms with Crippen molar-refractivity contribution in [2.45, 2.75) is 32.0 Å². The maximum Gasteiger partial charge on any atom is 0.129 e. The summed E-state index contributed by atoms with van der Waals surface area (Å²) in [7, 11) is 0. The molecule has 0 fully saturated rings. The molecule has 1 aliphatic rings. The van der Waals surface area contributed by atoms with Crippen molar-refractivity contribution in [1.29, 1.82) is 0 Å². The van der Waals surface area contributed by atoms with E-state index in [4.69, 9.17) is 13.9 Å². The first-order valence-corrected chi connectivity index (χ1v) is 6.56. The van der Waals surface area contributed by atoms with Crippen molar-refractivity contribution < 1.29 is 13.9 Å². The van der Waals surface area contributed by atoms with Crippen LogP contribution in [0.25, 0.3) is 0 Å². The Bertz CT molecular complexity index is 335. The summed E-state index contributed by atoms with van der Waals surface area (Å²) in [4.78, 5) is 0. The molecule has 4 nitrogen and oxygen atoms in total. The van der Waals surface area contributed by atoms with Crippen LogP contribution >= 0.6 is 0 Å². The van der Waals surface area contributed by atoms with E-state index < -0.39 is 0 Å². The Morgan fingerprint density at radius 2 is 2.44 bits per heavy atom. The highest BCUT2D eigenvalue weighted by atomic mass is 16.5. The molecule has 18 heavy (non-hydrogen) atoms. The Labute approximate surface area is 108 Å². The highest BCUT2D eigenvalue weighted by Gasteiger charge is 2.09. The number of hydrogen-bond donors (Lipinski definition) is 1. The van der Waals surface area contributed by atoms with Gasteiger partial charge in [-0.05, 0) is 44.0 Å². The molecule has 100 valence electrons. The van der Waals surface area contributed by atoms with Gasteiger partial charge >= 0.3 is 0 Å². The van der Waals surface area contributed by atoms with Crippen molar-refractivity contribution in [3.8, 4) is 0 Å². The normalized spacial score (nSPS) is 18.8. The molecule has 4 heteroatoms. The van der Waals surface area contributed by atoms with Gasteiger partial charge in [-0.15, -0.1) is 0 Å². The van der Waals surface area contributed by atoms with E-state index in [1.54, 1.807) is 6.26 Å². The average Bonchev–Trinajstić information content (AvgIpc) is 2.92. The van der Waals surface area contributed by atoms with Gasteiger partial charge in [0.05, 0.1) is 12.5 Å². The topological polar surface area (TPSA) is 43.6 Å². The van der Waals surface area contributed by atoms with Crippen LogP contribution in [0.15, 0.2) is 35.2 Å². The molecule has 0 saturated carbocycles. The largest absolute Gasteiger partial charge is 0.497 e. The molecule has 0 amide bonds. The lowest BCUT2D eigenvalue weighted by atomic mass is 10.1. The van der Waals surface area contributed by atoms with Crippen molar-refractivity contribution in [3.63, 3.8) is 0 Å². The zero-order chi connectivity index (χ0) is 12.5. The number of rotatable bonds is 8. The van der Waals surface area contributed by atoms with Gasteiger partial charge in [0.1, 0.15) is 18.5 Å². The fourth-order valence-corrected chi connectivity index (χ4v) is 1.86. The second-order valence-electron chi connectivity index (χ2n) is 4.40. The lowest BCUT2D eigenvalue weighted by Crippen LogP contribution is -2.30. The van der Waals surface area contributed by atoms with E-state index in [1.807, 2.05) is 18.4 Å². The van der Waals surface area contributed by atoms with Gasteiger partial charge in [0.25, 0.3) is 0 Å². The predicted octanol–water partition coefficient (Wildman–Crippen LogP) is 2.47. The Balaban J connectivity index is 1.40. The van der Waals surface area contributed by atoms with Crippen molar-refractivity contribution in [3.05, 3.63) is 36.5 Å². The van der Waals surface area contributed by atoms with Crippen LogP contribution in [0.3, 0.4) is 0 Å². The highest BCUT2D eigenvalue weighted by Crippen LogP contribution is 2.08. The minimum Gasteiger partial charge on any atom is -0.497 e. The monoisotopic (exact) mass is 251 g/mol. The van der Waals surface area contributed by atoms with Crippen molar-refractivity contribution in [1.82, 2.24) is 5.32 Å². The molecular formula is C14H21NO3. The summed E-state index contributed by atoms with van der Waals surface area (Å²) < 4.78 is 16.1.